The van der Waals surface area contributed by atoms with Crippen molar-refractivity contribution in [1.82, 2.24) is 0 Å². The van der Waals surface area contributed by atoms with Gasteiger partial charge in [-0.1, -0.05) is 24.3 Å². The molecule has 3 rings (SSSR count). The number of fused-ring (bicyclic) bond motifs is 1. The Bertz CT molecular complexity index is 763. The van der Waals surface area contributed by atoms with Crippen LogP contribution in [0.15, 0.2) is 59.0 Å². The van der Waals surface area contributed by atoms with Crippen LogP contribution < -0.4 is 5.32 Å². The molecular weight excluding hydrogens is 294 g/mol. The summed E-state index contributed by atoms with van der Waals surface area (Å²) in [5.74, 6) is 0.686. The molecule has 0 saturated carbocycles. The van der Waals surface area contributed by atoms with E-state index in [0.717, 1.165) is 27.3 Å². The fraction of sp³-hybridized carbons (Fsp3) is 0.111. The molecular formula is C18H15NO2S. The number of anilines is 1. The van der Waals surface area contributed by atoms with E-state index in [2.05, 4.69) is 5.32 Å². The van der Waals surface area contributed by atoms with E-state index in [9.17, 15) is 9.59 Å². The van der Waals surface area contributed by atoms with Crippen molar-refractivity contribution in [3.63, 3.8) is 0 Å². The van der Waals surface area contributed by atoms with Gasteiger partial charge in [0.1, 0.15) is 0 Å². The minimum absolute atomic E-state index is 0.0958. The van der Waals surface area contributed by atoms with Gasteiger partial charge >= 0.3 is 0 Å². The predicted molar refractivity (Wildman–Crippen MR) is 90.2 cm³/mol. The van der Waals surface area contributed by atoms with Gasteiger partial charge in [0, 0.05) is 34.4 Å². The molecule has 2 aromatic rings. The van der Waals surface area contributed by atoms with Crippen molar-refractivity contribution in [3.05, 3.63) is 65.2 Å². The summed E-state index contributed by atoms with van der Waals surface area (Å²) in [6.45, 7) is 1.48. The summed E-state index contributed by atoms with van der Waals surface area (Å²) in [7, 11) is 0. The molecule has 2 aromatic carbocycles. The van der Waals surface area contributed by atoms with Crippen molar-refractivity contribution in [2.75, 3.05) is 11.1 Å². The van der Waals surface area contributed by atoms with E-state index in [1.807, 2.05) is 54.6 Å². The quantitative estimate of drug-likeness (QED) is 0.852. The molecule has 0 aromatic heterocycles. The highest BCUT2D eigenvalue weighted by atomic mass is 32.2. The molecule has 1 heterocycles. The molecule has 3 nitrogen and oxygen atoms in total. The van der Waals surface area contributed by atoms with Crippen LogP contribution in [0.5, 0.6) is 0 Å². The van der Waals surface area contributed by atoms with Gasteiger partial charge in [-0.05, 0) is 35.9 Å². The first kappa shape index (κ1) is 14.6. The summed E-state index contributed by atoms with van der Waals surface area (Å²) in [4.78, 5) is 24.5. The number of carbonyl (C=O) groups is 2. The van der Waals surface area contributed by atoms with Crippen molar-refractivity contribution in [3.8, 4) is 0 Å². The number of carbonyl (C=O) groups excluding carboxylic acids is 2. The summed E-state index contributed by atoms with van der Waals surface area (Å²) >= 11 is 1.69. The molecule has 0 bridgehead atoms. The summed E-state index contributed by atoms with van der Waals surface area (Å²) < 4.78 is 0. The Morgan fingerprint density at radius 2 is 1.86 bits per heavy atom. The minimum atomic E-state index is -0.0958. The second-order valence-corrected chi connectivity index (χ2v) is 6.10. The summed E-state index contributed by atoms with van der Waals surface area (Å²) in [5, 5.41) is 2.73. The molecule has 1 N–H and O–H groups in total. The third-order valence-corrected chi connectivity index (χ3v) is 4.50. The molecule has 1 aliphatic heterocycles. The van der Waals surface area contributed by atoms with Crippen LogP contribution in [-0.2, 0) is 4.79 Å². The lowest BCUT2D eigenvalue weighted by atomic mass is 10.0. The SMILES string of the molecule is CC(=O)Nc1ccc(/C=C2/CSc3ccccc3C2=O)cc1. The number of nitrogens with one attached hydrogen (secondary N) is 1. The highest BCUT2D eigenvalue weighted by Gasteiger charge is 2.21. The van der Waals surface area contributed by atoms with Gasteiger partial charge < -0.3 is 5.32 Å². The van der Waals surface area contributed by atoms with Gasteiger partial charge in [-0.15, -0.1) is 11.8 Å². The van der Waals surface area contributed by atoms with Crippen molar-refractivity contribution in [2.24, 2.45) is 0 Å². The smallest absolute Gasteiger partial charge is 0.221 e. The second kappa shape index (κ2) is 6.20. The fourth-order valence-corrected chi connectivity index (χ4v) is 3.36. The van der Waals surface area contributed by atoms with Crippen molar-refractivity contribution < 1.29 is 9.59 Å². The van der Waals surface area contributed by atoms with Crippen LogP contribution >= 0.6 is 11.8 Å². The van der Waals surface area contributed by atoms with E-state index in [1.54, 1.807) is 11.8 Å². The minimum Gasteiger partial charge on any atom is -0.326 e. The van der Waals surface area contributed by atoms with Gasteiger partial charge in [-0.2, -0.15) is 0 Å². The number of hydrogen-bond donors (Lipinski definition) is 1. The Labute approximate surface area is 133 Å². The maximum Gasteiger partial charge on any atom is 0.221 e. The number of Topliss-reactive ketones (excluding diaryl/α,β-unsaturated/α-hetero) is 1. The van der Waals surface area contributed by atoms with Gasteiger partial charge in [-0.25, -0.2) is 0 Å². The van der Waals surface area contributed by atoms with Crippen molar-refractivity contribution in [1.29, 1.82) is 0 Å². The number of rotatable bonds is 2. The zero-order valence-corrected chi connectivity index (χ0v) is 12.9. The number of amides is 1. The summed E-state index contributed by atoms with van der Waals surface area (Å²) in [6, 6.07) is 15.2. The molecule has 0 aliphatic carbocycles. The summed E-state index contributed by atoms with van der Waals surface area (Å²) in [6.07, 6.45) is 1.92. The first-order valence-corrected chi connectivity index (χ1v) is 7.97. The molecule has 0 saturated heterocycles. The molecule has 0 spiro atoms. The average Bonchev–Trinajstić information content (AvgIpc) is 2.52. The van der Waals surface area contributed by atoms with Crippen LogP contribution in [0.3, 0.4) is 0 Å². The molecule has 110 valence electrons. The Kier molecular flexibility index (Phi) is 4.11. The van der Waals surface area contributed by atoms with Crippen molar-refractivity contribution >= 4 is 35.2 Å². The lowest BCUT2D eigenvalue weighted by Crippen LogP contribution is -2.12. The normalized spacial score (nSPS) is 15.5. The number of benzene rings is 2. The van der Waals surface area contributed by atoms with Gasteiger partial charge in [0.2, 0.25) is 5.91 Å². The number of ketones is 1. The average molecular weight is 309 g/mol. The molecule has 4 heteroatoms. The standard InChI is InChI=1S/C18H15NO2S/c1-12(20)19-15-8-6-13(7-9-15)10-14-11-22-17-5-3-2-4-16(17)18(14)21/h2-10H,11H2,1H3,(H,19,20)/b14-10-. The van der Waals surface area contributed by atoms with Crippen LogP contribution in [0.1, 0.15) is 22.8 Å². The van der Waals surface area contributed by atoms with Gasteiger partial charge in [0.15, 0.2) is 5.78 Å². The zero-order valence-electron chi connectivity index (χ0n) is 12.1. The van der Waals surface area contributed by atoms with E-state index in [1.165, 1.54) is 6.92 Å². The maximum atomic E-state index is 12.5. The Balaban J connectivity index is 1.84. The molecule has 0 radical (unpaired) electrons. The van der Waals surface area contributed by atoms with Crippen LogP contribution in [0.2, 0.25) is 0 Å². The molecule has 22 heavy (non-hydrogen) atoms. The van der Waals surface area contributed by atoms with Gasteiger partial charge in [0.25, 0.3) is 0 Å². The second-order valence-electron chi connectivity index (χ2n) is 5.09. The van der Waals surface area contributed by atoms with E-state index in [-0.39, 0.29) is 11.7 Å². The topological polar surface area (TPSA) is 46.2 Å². The highest BCUT2D eigenvalue weighted by Crippen LogP contribution is 2.33. The Morgan fingerprint density at radius 3 is 2.59 bits per heavy atom. The van der Waals surface area contributed by atoms with Crippen LogP contribution in [0.25, 0.3) is 6.08 Å². The molecule has 0 atom stereocenters. The third-order valence-electron chi connectivity index (χ3n) is 3.38. The predicted octanol–water partition coefficient (Wildman–Crippen LogP) is 4.02. The van der Waals surface area contributed by atoms with Gasteiger partial charge in [0.05, 0.1) is 0 Å². The highest BCUT2D eigenvalue weighted by molar-refractivity contribution is 7.99. The largest absolute Gasteiger partial charge is 0.326 e. The van der Waals surface area contributed by atoms with E-state index in [0.29, 0.717) is 5.75 Å². The fourth-order valence-electron chi connectivity index (χ4n) is 2.35. The maximum absolute atomic E-state index is 12.5. The van der Waals surface area contributed by atoms with E-state index in [4.69, 9.17) is 0 Å². The molecule has 0 fully saturated rings. The molecule has 1 amide bonds. The van der Waals surface area contributed by atoms with E-state index < -0.39 is 0 Å². The van der Waals surface area contributed by atoms with Gasteiger partial charge in [-0.3, -0.25) is 9.59 Å². The number of thioether (sulfide) groups is 1. The lowest BCUT2D eigenvalue weighted by molar-refractivity contribution is -0.114. The zero-order chi connectivity index (χ0) is 15.5. The van der Waals surface area contributed by atoms with Crippen LogP contribution in [-0.4, -0.2) is 17.4 Å². The first-order valence-electron chi connectivity index (χ1n) is 6.98. The lowest BCUT2D eigenvalue weighted by Gasteiger charge is -2.16. The van der Waals surface area contributed by atoms with Crippen LogP contribution in [0.4, 0.5) is 5.69 Å². The van der Waals surface area contributed by atoms with Crippen LogP contribution in [0, 0.1) is 0 Å². The Hall–Kier alpha value is -2.33. The first-order chi connectivity index (χ1) is 10.6. The Morgan fingerprint density at radius 1 is 1.14 bits per heavy atom. The molecule has 1 aliphatic rings. The third kappa shape index (κ3) is 3.12. The number of hydrogen-bond acceptors (Lipinski definition) is 3. The van der Waals surface area contributed by atoms with E-state index >= 15 is 0 Å². The molecule has 0 unspecified atom stereocenters. The summed E-state index contributed by atoms with van der Waals surface area (Å²) in [5.41, 5.74) is 3.29. The van der Waals surface area contributed by atoms with Crippen molar-refractivity contribution in [2.45, 2.75) is 11.8 Å². The monoisotopic (exact) mass is 309 g/mol.